The first-order valence-electron chi connectivity index (χ1n) is 7.95. The van der Waals surface area contributed by atoms with E-state index in [1.54, 1.807) is 0 Å². The van der Waals surface area contributed by atoms with E-state index in [0.29, 0.717) is 6.42 Å². The van der Waals surface area contributed by atoms with Crippen molar-refractivity contribution in [2.24, 2.45) is 0 Å². The van der Waals surface area contributed by atoms with Gasteiger partial charge < -0.3 is 20.1 Å². The highest BCUT2D eigenvalue weighted by molar-refractivity contribution is 5.70. The Morgan fingerprint density at radius 2 is 1.86 bits per heavy atom. The zero-order valence-electron chi connectivity index (χ0n) is 12.8. The van der Waals surface area contributed by atoms with Gasteiger partial charge in [0.05, 0.1) is 24.7 Å². The van der Waals surface area contributed by atoms with Crippen molar-refractivity contribution >= 4 is 5.97 Å². The molecule has 0 unspecified atom stereocenters. The highest BCUT2D eigenvalue weighted by Crippen LogP contribution is 2.18. The smallest absolute Gasteiger partial charge is 0.309 e. The zero-order chi connectivity index (χ0) is 15.7. The number of rotatable bonds is 6. The first kappa shape index (κ1) is 18.1. The number of carbonyl (C=O) groups excluding carboxylic acids is 1. The van der Waals surface area contributed by atoms with Crippen molar-refractivity contribution in [2.75, 3.05) is 0 Å². The van der Waals surface area contributed by atoms with Gasteiger partial charge in [-0.25, -0.2) is 0 Å². The molecule has 0 fully saturated rings. The lowest BCUT2D eigenvalue weighted by Gasteiger charge is -2.24. The lowest BCUT2D eigenvalue weighted by molar-refractivity contribution is -0.153. The number of aliphatic hydroxyl groups is 3. The monoisotopic (exact) mass is 300 g/mol. The number of esters is 1. The van der Waals surface area contributed by atoms with Crippen molar-refractivity contribution in [1.29, 1.82) is 0 Å². The maximum atomic E-state index is 11.7. The molecule has 4 atom stereocenters. The van der Waals surface area contributed by atoms with Crippen molar-refractivity contribution in [3.63, 3.8) is 0 Å². The van der Waals surface area contributed by atoms with Crippen LogP contribution in [0.25, 0.3) is 0 Å². The summed E-state index contributed by atoms with van der Waals surface area (Å²) in [6.45, 7) is 2.15. The fourth-order valence-electron chi connectivity index (χ4n) is 2.45. The highest BCUT2D eigenvalue weighted by Gasteiger charge is 2.24. The number of cyclic esters (lactones) is 1. The van der Waals surface area contributed by atoms with E-state index in [4.69, 9.17) is 4.74 Å². The van der Waals surface area contributed by atoms with E-state index in [9.17, 15) is 20.1 Å². The van der Waals surface area contributed by atoms with Crippen molar-refractivity contribution in [1.82, 2.24) is 0 Å². The number of hydrogen-bond acceptors (Lipinski definition) is 5. The number of aliphatic hydroxyl groups excluding tert-OH is 3. The summed E-state index contributed by atoms with van der Waals surface area (Å²) in [5, 5.41) is 29.2. The molecule has 0 aromatic rings. The average Bonchev–Trinajstić information content (AvgIpc) is 2.43. The van der Waals surface area contributed by atoms with Crippen LogP contribution in [0.5, 0.6) is 0 Å². The minimum Gasteiger partial charge on any atom is -0.462 e. The Morgan fingerprint density at radius 1 is 1.14 bits per heavy atom. The number of ether oxygens (including phenoxy) is 1. The molecule has 0 spiro atoms. The normalized spacial score (nSPS) is 32.5. The summed E-state index contributed by atoms with van der Waals surface area (Å²) in [5.41, 5.74) is 0. The van der Waals surface area contributed by atoms with Crippen LogP contribution in [0.1, 0.15) is 58.3 Å². The van der Waals surface area contributed by atoms with E-state index in [-0.39, 0.29) is 12.8 Å². The molecule has 0 amide bonds. The molecule has 0 aromatic carbocycles. The molecule has 5 nitrogen and oxygen atoms in total. The standard InChI is InChI=1S/C16H28O5/c1-2-3-4-5-6-7-13-11-15(19)14(18)9-8-12(17)10-16(20)21-13/h8-9,12-15,17-19H,2-7,10-11H2,1H3/b9-8+/t12-,13-,14-,15+/m1/s1. The summed E-state index contributed by atoms with van der Waals surface area (Å²) in [5.74, 6) is -0.464. The van der Waals surface area contributed by atoms with Crippen molar-refractivity contribution in [3.05, 3.63) is 12.2 Å². The third-order valence-electron chi connectivity index (χ3n) is 3.73. The average molecular weight is 300 g/mol. The minimum atomic E-state index is -1.04. The second-order valence-electron chi connectivity index (χ2n) is 5.76. The maximum absolute atomic E-state index is 11.7. The molecule has 1 heterocycles. The third-order valence-corrected chi connectivity index (χ3v) is 3.73. The van der Waals surface area contributed by atoms with Gasteiger partial charge in [-0.1, -0.05) is 44.8 Å². The summed E-state index contributed by atoms with van der Waals surface area (Å²) in [6.07, 6.45) is 5.56. The predicted octanol–water partition coefficient (Wildman–Crippen LogP) is 1.69. The van der Waals surface area contributed by atoms with Crippen LogP contribution in [0.3, 0.4) is 0 Å². The van der Waals surface area contributed by atoms with E-state index in [1.807, 2.05) is 0 Å². The van der Waals surface area contributed by atoms with Gasteiger partial charge >= 0.3 is 5.97 Å². The summed E-state index contributed by atoms with van der Waals surface area (Å²) in [6, 6.07) is 0. The van der Waals surface area contributed by atoms with Crippen LogP contribution in [0.2, 0.25) is 0 Å². The van der Waals surface area contributed by atoms with E-state index < -0.39 is 30.4 Å². The molecule has 0 aliphatic carbocycles. The van der Waals surface area contributed by atoms with E-state index in [0.717, 1.165) is 19.3 Å². The van der Waals surface area contributed by atoms with Gasteiger partial charge in [0.1, 0.15) is 6.10 Å². The Hall–Kier alpha value is -0.910. The van der Waals surface area contributed by atoms with Gasteiger partial charge in [-0.15, -0.1) is 0 Å². The predicted molar refractivity (Wildman–Crippen MR) is 79.7 cm³/mol. The summed E-state index contributed by atoms with van der Waals surface area (Å²) in [7, 11) is 0. The molecular weight excluding hydrogens is 272 g/mol. The van der Waals surface area contributed by atoms with Gasteiger partial charge in [0, 0.05) is 6.42 Å². The number of hydrogen-bond donors (Lipinski definition) is 3. The van der Waals surface area contributed by atoms with Crippen LogP contribution >= 0.6 is 0 Å². The lowest BCUT2D eigenvalue weighted by atomic mass is 9.99. The fraction of sp³-hybridized carbons (Fsp3) is 0.812. The van der Waals surface area contributed by atoms with Crippen molar-refractivity contribution < 1.29 is 24.9 Å². The number of carbonyl (C=O) groups is 1. The van der Waals surface area contributed by atoms with E-state index in [2.05, 4.69) is 6.92 Å². The summed E-state index contributed by atoms with van der Waals surface area (Å²) < 4.78 is 5.32. The SMILES string of the molecule is CCCCCCC[C@@H]1C[C@H](O)[C@H](O)/C=C/[C@@H](O)CC(=O)O1. The van der Waals surface area contributed by atoms with E-state index in [1.165, 1.54) is 25.0 Å². The van der Waals surface area contributed by atoms with Gasteiger partial charge in [-0.2, -0.15) is 0 Å². The molecule has 1 aliphatic heterocycles. The van der Waals surface area contributed by atoms with Crippen LogP contribution in [0.15, 0.2) is 12.2 Å². The molecule has 3 N–H and O–H groups in total. The molecular formula is C16H28O5. The van der Waals surface area contributed by atoms with Gasteiger partial charge in [0.25, 0.3) is 0 Å². The Morgan fingerprint density at radius 3 is 2.57 bits per heavy atom. The molecule has 0 saturated heterocycles. The van der Waals surface area contributed by atoms with Crippen molar-refractivity contribution in [3.8, 4) is 0 Å². The third kappa shape index (κ3) is 7.60. The van der Waals surface area contributed by atoms with Gasteiger partial charge in [0.15, 0.2) is 0 Å². The highest BCUT2D eigenvalue weighted by atomic mass is 16.5. The van der Waals surface area contributed by atoms with Crippen LogP contribution in [-0.2, 0) is 9.53 Å². The Labute approximate surface area is 126 Å². The Kier molecular flexibility index (Phi) is 8.57. The van der Waals surface area contributed by atoms with Crippen LogP contribution in [0, 0.1) is 0 Å². The molecule has 0 radical (unpaired) electrons. The summed E-state index contributed by atoms with van der Waals surface area (Å²) >= 11 is 0. The molecule has 1 aliphatic rings. The molecule has 1 rings (SSSR count). The second kappa shape index (κ2) is 9.92. The maximum Gasteiger partial charge on any atom is 0.309 e. The zero-order valence-corrected chi connectivity index (χ0v) is 12.8. The van der Waals surface area contributed by atoms with Crippen molar-refractivity contribution in [2.45, 2.75) is 82.7 Å². The lowest BCUT2D eigenvalue weighted by Crippen LogP contribution is -2.33. The molecule has 122 valence electrons. The fourth-order valence-corrected chi connectivity index (χ4v) is 2.45. The second-order valence-corrected chi connectivity index (χ2v) is 5.76. The van der Waals surface area contributed by atoms with Crippen LogP contribution in [0.4, 0.5) is 0 Å². The van der Waals surface area contributed by atoms with E-state index >= 15 is 0 Å². The first-order chi connectivity index (χ1) is 10.0. The van der Waals surface area contributed by atoms with Gasteiger partial charge in [-0.05, 0) is 12.8 Å². The molecule has 0 bridgehead atoms. The first-order valence-corrected chi connectivity index (χ1v) is 7.95. The van der Waals surface area contributed by atoms with Crippen LogP contribution < -0.4 is 0 Å². The van der Waals surface area contributed by atoms with Gasteiger partial charge in [-0.3, -0.25) is 4.79 Å². The largest absolute Gasteiger partial charge is 0.462 e. The molecule has 0 saturated carbocycles. The number of unbranched alkanes of at least 4 members (excludes halogenated alkanes) is 4. The topological polar surface area (TPSA) is 87.0 Å². The van der Waals surface area contributed by atoms with Crippen LogP contribution in [-0.4, -0.2) is 45.7 Å². The molecule has 21 heavy (non-hydrogen) atoms. The Bertz CT molecular complexity index is 329. The quantitative estimate of drug-likeness (QED) is 0.395. The van der Waals surface area contributed by atoms with Gasteiger partial charge in [0.2, 0.25) is 0 Å². The minimum absolute atomic E-state index is 0.119. The Balaban J connectivity index is 2.52. The molecule has 5 heteroatoms. The summed E-state index contributed by atoms with van der Waals surface area (Å²) in [4.78, 5) is 11.7. The molecule has 0 aromatic heterocycles.